The number of imidazole rings is 1. The molecule has 2 aromatic heterocycles. The number of hydrogen-bond acceptors (Lipinski definition) is 4. The molecule has 1 unspecified atom stereocenters. The Labute approximate surface area is 99.2 Å². The van der Waals surface area contributed by atoms with Crippen LogP contribution in [0.15, 0.2) is 12.4 Å². The number of hydrogen-bond donors (Lipinski definition) is 1. The Morgan fingerprint density at radius 3 is 2.81 bits per heavy atom. The smallest absolute Gasteiger partial charge is 0.201 e. The summed E-state index contributed by atoms with van der Waals surface area (Å²) in [6.07, 6.45) is 4.94. The highest BCUT2D eigenvalue weighted by Gasteiger charge is 2.14. The molecule has 2 heterocycles. The second kappa shape index (κ2) is 4.25. The maximum absolute atomic E-state index is 5.85. The molecule has 0 aliphatic carbocycles. The van der Waals surface area contributed by atoms with Crippen molar-refractivity contribution in [2.45, 2.75) is 33.2 Å². The van der Waals surface area contributed by atoms with Crippen molar-refractivity contribution in [2.75, 3.05) is 5.73 Å². The van der Waals surface area contributed by atoms with E-state index in [-0.39, 0.29) is 6.04 Å². The minimum Gasteiger partial charge on any atom is -0.369 e. The molecule has 0 saturated heterocycles. The number of thiazole rings is 1. The van der Waals surface area contributed by atoms with Crippen molar-refractivity contribution in [3.05, 3.63) is 28.0 Å². The average molecular weight is 236 g/mol. The number of nitrogen functional groups attached to an aromatic ring is 1. The van der Waals surface area contributed by atoms with Gasteiger partial charge < -0.3 is 10.3 Å². The van der Waals surface area contributed by atoms with Crippen LogP contribution < -0.4 is 5.73 Å². The third-order valence-corrected chi connectivity index (χ3v) is 3.89. The summed E-state index contributed by atoms with van der Waals surface area (Å²) in [6.45, 7) is 6.17. The van der Waals surface area contributed by atoms with Crippen molar-refractivity contribution in [2.24, 2.45) is 0 Å². The van der Waals surface area contributed by atoms with Crippen LogP contribution in [0.5, 0.6) is 0 Å². The van der Waals surface area contributed by atoms with E-state index in [0.29, 0.717) is 5.95 Å². The summed E-state index contributed by atoms with van der Waals surface area (Å²) >= 11 is 1.74. The van der Waals surface area contributed by atoms with Gasteiger partial charge in [0.1, 0.15) is 5.01 Å². The highest BCUT2D eigenvalue weighted by atomic mass is 32.1. The predicted octanol–water partition coefficient (Wildman–Crippen LogP) is 2.40. The maximum atomic E-state index is 5.85. The molecule has 0 bridgehead atoms. The molecule has 16 heavy (non-hydrogen) atoms. The van der Waals surface area contributed by atoms with Gasteiger partial charge >= 0.3 is 0 Å². The predicted molar refractivity (Wildman–Crippen MR) is 66.7 cm³/mol. The molecular formula is C11H16N4S. The van der Waals surface area contributed by atoms with Crippen molar-refractivity contribution >= 4 is 17.3 Å². The highest BCUT2D eigenvalue weighted by Crippen LogP contribution is 2.25. The van der Waals surface area contributed by atoms with E-state index in [9.17, 15) is 0 Å². The molecule has 0 aromatic carbocycles. The van der Waals surface area contributed by atoms with E-state index >= 15 is 0 Å². The summed E-state index contributed by atoms with van der Waals surface area (Å²) in [7, 11) is 0. The number of anilines is 1. The van der Waals surface area contributed by atoms with Gasteiger partial charge in [0.2, 0.25) is 5.95 Å². The molecule has 0 saturated carbocycles. The lowest BCUT2D eigenvalue weighted by molar-refractivity contribution is 0.643. The topological polar surface area (TPSA) is 56.7 Å². The lowest BCUT2D eigenvalue weighted by atomic mass is 10.3. The van der Waals surface area contributed by atoms with Crippen LogP contribution >= 0.6 is 11.3 Å². The van der Waals surface area contributed by atoms with Crippen LogP contribution in [0.25, 0.3) is 0 Å². The van der Waals surface area contributed by atoms with Gasteiger partial charge in [-0.25, -0.2) is 9.97 Å². The fraction of sp³-hybridized carbons (Fsp3) is 0.455. The van der Waals surface area contributed by atoms with Gasteiger partial charge in [-0.1, -0.05) is 6.92 Å². The fourth-order valence-corrected chi connectivity index (χ4v) is 2.55. The first-order valence-electron chi connectivity index (χ1n) is 5.37. The molecule has 2 rings (SSSR count). The summed E-state index contributed by atoms with van der Waals surface area (Å²) in [4.78, 5) is 9.93. The Balaban J connectivity index is 2.31. The van der Waals surface area contributed by atoms with E-state index in [2.05, 4.69) is 23.8 Å². The average Bonchev–Trinajstić information content (AvgIpc) is 2.84. The lowest BCUT2D eigenvalue weighted by Gasteiger charge is -2.11. The molecule has 0 fully saturated rings. The van der Waals surface area contributed by atoms with E-state index in [4.69, 9.17) is 5.73 Å². The Hall–Kier alpha value is -1.36. The van der Waals surface area contributed by atoms with E-state index in [1.54, 1.807) is 11.3 Å². The molecule has 5 heteroatoms. The maximum Gasteiger partial charge on any atom is 0.201 e. The number of nitrogens with two attached hydrogens (primary N) is 1. The SMILES string of the molecule is CCc1cnc(C(C)n2cc(C)nc2N)s1. The van der Waals surface area contributed by atoms with Crippen molar-refractivity contribution in [3.63, 3.8) is 0 Å². The number of aryl methyl sites for hydroxylation is 2. The van der Waals surface area contributed by atoms with Gasteiger partial charge in [-0.15, -0.1) is 11.3 Å². The van der Waals surface area contributed by atoms with Gasteiger partial charge in [0.05, 0.1) is 11.7 Å². The second-order valence-electron chi connectivity index (χ2n) is 3.84. The van der Waals surface area contributed by atoms with Crippen molar-refractivity contribution in [3.8, 4) is 0 Å². The van der Waals surface area contributed by atoms with E-state index < -0.39 is 0 Å². The van der Waals surface area contributed by atoms with Gasteiger partial charge in [-0.3, -0.25) is 0 Å². The van der Waals surface area contributed by atoms with E-state index in [1.807, 2.05) is 23.9 Å². The van der Waals surface area contributed by atoms with Crippen LogP contribution in [-0.2, 0) is 6.42 Å². The Kier molecular flexibility index (Phi) is 2.96. The molecule has 4 nitrogen and oxygen atoms in total. The van der Waals surface area contributed by atoms with Crippen molar-refractivity contribution in [1.29, 1.82) is 0 Å². The summed E-state index contributed by atoms with van der Waals surface area (Å²) in [5, 5.41) is 1.08. The standard InChI is InChI=1S/C11H16N4S/c1-4-9-5-13-10(16-9)8(3)15-6-7(2)14-11(15)12/h5-6,8H,4H2,1-3H3,(H2,12,14). The Morgan fingerprint density at radius 1 is 1.56 bits per heavy atom. The zero-order valence-electron chi connectivity index (χ0n) is 9.77. The second-order valence-corrected chi connectivity index (χ2v) is 4.99. The molecule has 0 spiro atoms. The molecule has 2 aromatic rings. The normalized spacial score (nSPS) is 12.9. The first-order valence-corrected chi connectivity index (χ1v) is 6.19. The van der Waals surface area contributed by atoms with Crippen LogP contribution in [0.1, 0.15) is 35.5 Å². The van der Waals surface area contributed by atoms with Crippen LogP contribution in [0.4, 0.5) is 5.95 Å². The van der Waals surface area contributed by atoms with Gasteiger partial charge in [0.25, 0.3) is 0 Å². The summed E-state index contributed by atoms with van der Waals surface area (Å²) in [6, 6.07) is 0.159. The molecule has 86 valence electrons. The molecule has 0 aliphatic heterocycles. The number of aromatic nitrogens is 3. The third kappa shape index (κ3) is 1.95. The molecule has 0 amide bonds. The Morgan fingerprint density at radius 2 is 2.31 bits per heavy atom. The largest absolute Gasteiger partial charge is 0.369 e. The first kappa shape index (κ1) is 11.1. The van der Waals surface area contributed by atoms with Crippen molar-refractivity contribution < 1.29 is 0 Å². The fourth-order valence-electron chi connectivity index (χ4n) is 1.64. The van der Waals surface area contributed by atoms with Crippen molar-refractivity contribution in [1.82, 2.24) is 14.5 Å². The van der Waals surface area contributed by atoms with Crippen LogP contribution in [0, 0.1) is 6.92 Å². The minimum atomic E-state index is 0.159. The lowest BCUT2D eigenvalue weighted by Crippen LogP contribution is -2.08. The van der Waals surface area contributed by atoms with Crippen LogP contribution in [-0.4, -0.2) is 14.5 Å². The zero-order valence-corrected chi connectivity index (χ0v) is 10.6. The van der Waals surface area contributed by atoms with Crippen LogP contribution in [0.3, 0.4) is 0 Å². The highest BCUT2D eigenvalue weighted by molar-refractivity contribution is 7.11. The first-order chi connectivity index (χ1) is 7.61. The van der Waals surface area contributed by atoms with E-state index in [0.717, 1.165) is 17.1 Å². The third-order valence-electron chi connectivity index (χ3n) is 2.58. The zero-order chi connectivity index (χ0) is 11.7. The van der Waals surface area contributed by atoms with Gasteiger partial charge in [-0.2, -0.15) is 0 Å². The molecule has 0 aliphatic rings. The summed E-state index contributed by atoms with van der Waals surface area (Å²) in [5.74, 6) is 0.554. The quantitative estimate of drug-likeness (QED) is 0.890. The molecule has 0 radical (unpaired) electrons. The van der Waals surface area contributed by atoms with Gasteiger partial charge in [0.15, 0.2) is 0 Å². The van der Waals surface area contributed by atoms with E-state index in [1.165, 1.54) is 4.88 Å². The van der Waals surface area contributed by atoms with Gasteiger partial charge in [0, 0.05) is 17.3 Å². The molecule has 2 N–H and O–H groups in total. The summed E-state index contributed by atoms with van der Waals surface area (Å²) < 4.78 is 1.97. The molecular weight excluding hydrogens is 220 g/mol. The van der Waals surface area contributed by atoms with Gasteiger partial charge in [-0.05, 0) is 20.3 Å². The summed E-state index contributed by atoms with van der Waals surface area (Å²) in [5.41, 5.74) is 6.79. The number of rotatable bonds is 3. The number of nitrogens with zero attached hydrogens (tertiary/aromatic N) is 3. The van der Waals surface area contributed by atoms with Crippen LogP contribution in [0.2, 0.25) is 0 Å². The minimum absolute atomic E-state index is 0.159. The Bertz CT molecular complexity index is 486. The molecule has 1 atom stereocenters. The monoisotopic (exact) mass is 236 g/mol.